The first-order valence-corrected chi connectivity index (χ1v) is 6.13. The Morgan fingerprint density at radius 3 is 2.33 bits per heavy atom. The molecule has 90 valence electrons. The number of nitrogens with one attached hydrogen (secondary N) is 1. The molecule has 0 amide bonds. The molecule has 0 saturated carbocycles. The van der Waals surface area contributed by atoms with Crippen LogP contribution in [-0.4, -0.2) is 7.11 Å². The van der Waals surface area contributed by atoms with Gasteiger partial charge in [-0.15, -0.1) is 0 Å². The van der Waals surface area contributed by atoms with Crippen molar-refractivity contribution in [2.45, 2.75) is 0 Å². The largest absolute Gasteiger partial charge is 0.496 e. The molecule has 2 aromatic rings. The molecule has 0 aliphatic heterocycles. The zero-order chi connectivity index (χ0) is 13.0. The Hall–Kier alpha value is -1.99. The summed E-state index contributed by atoms with van der Waals surface area (Å²) in [4.78, 5) is 0. The van der Waals surface area contributed by atoms with Crippen LogP contribution < -0.4 is 10.1 Å². The van der Waals surface area contributed by atoms with Gasteiger partial charge >= 0.3 is 0 Å². The molecule has 18 heavy (non-hydrogen) atoms. The number of nitrogens with zero attached hydrogens (tertiary/aromatic N) is 1. The Morgan fingerprint density at radius 2 is 1.78 bits per heavy atom. The normalized spacial score (nSPS) is 9.61. The molecular weight excluding hydrogens is 292 g/mol. The average molecular weight is 303 g/mol. The van der Waals surface area contributed by atoms with Crippen LogP contribution in [0, 0.1) is 11.3 Å². The summed E-state index contributed by atoms with van der Waals surface area (Å²) in [5, 5.41) is 12.0. The van der Waals surface area contributed by atoms with Gasteiger partial charge in [0, 0.05) is 11.4 Å². The minimum atomic E-state index is 0.650. The maximum Gasteiger partial charge on any atom is 0.133 e. The molecule has 4 heteroatoms. The summed E-state index contributed by atoms with van der Waals surface area (Å²) >= 11 is 3.44. The highest BCUT2D eigenvalue weighted by molar-refractivity contribution is 9.10. The minimum Gasteiger partial charge on any atom is -0.496 e. The summed E-state index contributed by atoms with van der Waals surface area (Å²) in [7, 11) is 1.63. The maximum atomic E-state index is 8.72. The molecule has 0 fully saturated rings. The van der Waals surface area contributed by atoms with Gasteiger partial charge in [0.25, 0.3) is 0 Å². The van der Waals surface area contributed by atoms with E-state index in [4.69, 9.17) is 10.00 Å². The van der Waals surface area contributed by atoms with E-state index in [0.29, 0.717) is 5.56 Å². The van der Waals surface area contributed by atoms with Crippen LogP contribution in [0.25, 0.3) is 0 Å². The van der Waals surface area contributed by atoms with E-state index in [2.05, 4.69) is 27.3 Å². The summed E-state index contributed by atoms with van der Waals surface area (Å²) in [6.07, 6.45) is 0. The lowest BCUT2D eigenvalue weighted by Gasteiger charge is -2.09. The number of rotatable bonds is 3. The van der Waals surface area contributed by atoms with Gasteiger partial charge in [0.05, 0.1) is 23.2 Å². The first-order valence-electron chi connectivity index (χ1n) is 5.33. The lowest BCUT2D eigenvalue weighted by atomic mass is 10.2. The van der Waals surface area contributed by atoms with E-state index in [1.54, 1.807) is 19.2 Å². The minimum absolute atomic E-state index is 0.650. The van der Waals surface area contributed by atoms with E-state index in [1.165, 1.54) is 0 Å². The van der Waals surface area contributed by atoms with Crippen LogP contribution in [-0.2, 0) is 0 Å². The van der Waals surface area contributed by atoms with Crippen molar-refractivity contribution in [3.63, 3.8) is 0 Å². The van der Waals surface area contributed by atoms with Crippen molar-refractivity contribution >= 4 is 27.3 Å². The van der Waals surface area contributed by atoms with E-state index in [0.717, 1.165) is 21.6 Å². The Balaban J connectivity index is 2.18. The van der Waals surface area contributed by atoms with Crippen molar-refractivity contribution in [2.24, 2.45) is 0 Å². The number of benzene rings is 2. The Bertz CT molecular complexity index is 588. The molecule has 0 atom stereocenters. The molecule has 0 unspecified atom stereocenters. The van der Waals surface area contributed by atoms with Crippen LogP contribution in [0.4, 0.5) is 11.4 Å². The van der Waals surface area contributed by atoms with Crippen molar-refractivity contribution in [1.82, 2.24) is 0 Å². The zero-order valence-corrected chi connectivity index (χ0v) is 11.4. The fraction of sp³-hybridized carbons (Fsp3) is 0.0714. The predicted molar refractivity (Wildman–Crippen MR) is 75.1 cm³/mol. The second-order valence-electron chi connectivity index (χ2n) is 3.66. The van der Waals surface area contributed by atoms with E-state index < -0.39 is 0 Å². The molecule has 0 heterocycles. The van der Waals surface area contributed by atoms with Crippen LogP contribution >= 0.6 is 15.9 Å². The summed E-state index contributed by atoms with van der Waals surface area (Å²) in [6.45, 7) is 0. The SMILES string of the molecule is COc1ccc(Nc2ccc(C#N)cc2)cc1Br. The topological polar surface area (TPSA) is 45.0 Å². The second kappa shape index (κ2) is 5.56. The van der Waals surface area contributed by atoms with Crippen LogP contribution in [0.2, 0.25) is 0 Å². The third kappa shape index (κ3) is 2.82. The third-order valence-corrected chi connectivity index (χ3v) is 3.07. The predicted octanol–water partition coefficient (Wildman–Crippen LogP) is 4.07. The van der Waals surface area contributed by atoms with Gasteiger partial charge in [-0.25, -0.2) is 0 Å². The number of halogens is 1. The summed E-state index contributed by atoms with van der Waals surface area (Å²) in [6, 6.07) is 15.2. The standard InChI is InChI=1S/C14H11BrN2O/c1-18-14-7-6-12(8-13(14)15)17-11-4-2-10(9-16)3-5-11/h2-8,17H,1H3. The van der Waals surface area contributed by atoms with Crippen molar-refractivity contribution < 1.29 is 4.74 Å². The number of hydrogen-bond donors (Lipinski definition) is 1. The first-order chi connectivity index (χ1) is 8.72. The first kappa shape index (κ1) is 12.5. The maximum absolute atomic E-state index is 8.72. The number of methoxy groups -OCH3 is 1. The van der Waals surface area contributed by atoms with Crippen molar-refractivity contribution in [2.75, 3.05) is 12.4 Å². The fourth-order valence-electron chi connectivity index (χ4n) is 1.54. The number of anilines is 2. The molecule has 3 nitrogen and oxygen atoms in total. The number of nitriles is 1. The van der Waals surface area contributed by atoms with Crippen LogP contribution in [0.5, 0.6) is 5.75 Å². The summed E-state index contributed by atoms with van der Waals surface area (Å²) in [5.41, 5.74) is 2.54. The molecule has 0 saturated heterocycles. The lowest BCUT2D eigenvalue weighted by Crippen LogP contribution is -1.91. The lowest BCUT2D eigenvalue weighted by molar-refractivity contribution is 0.412. The van der Waals surface area contributed by atoms with Gasteiger partial charge < -0.3 is 10.1 Å². The molecule has 0 aliphatic carbocycles. The smallest absolute Gasteiger partial charge is 0.133 e. The van der Waals surface area contributed by atoms with E-state index >= 15 is 0 Å². The number of hydrogen-bond acceptors (Lipinski definition) is 3. The van der Waals surface area contributed by atoms with Crippen LogP contribution in [0.3, 0.4) is 0 Å². The van der Waals surface area contributed by atoms with Gasteiger partial charge in [-0.2, -0.15) is 5.26 Å². The summed E-state index contributed by atoms with van der Waals surface area (Å²) < 4.78 is 6.06. The highest BCUT2D eigenvalue weighted by Gasteiger charge is 2.01. The molecule has 0 aromatic heterocycles. The molecule has 0 aliphatic rings. The van der Waals surface area contributed by atoms with Crippen molar-refractivity contribution in [3.8, 4) is 11.8 Å². The molecule has 0 bridgehead atoms. The van der Waals surface area contributed by atoms with E-state index in [9.17, 15) is 0 Å². The van der Waals surface area contributed by atoms with Gasteiger partial charge in [-0.3, -0.25) is 0 Å². The second-order valence-corrected chi connectivity index (χ2v) is 4.52. The van der Waals surface area contributed by atoms with E-state index in [-0.39, 0.29) is 0 Å². The molecule has 0 radical (unpaired) electrons. The van der Waals surface area contributed by atoms with Crippen LogP contribution in [0.1, 0.15) is 5.56 Å². The van der Waals surface area contributed by atoms with Gasteiger partial charge in [0.2, 0.25) is 0 Å². The average Bonchev–Trinajstić information content (AvgIpc) is 2.40. The molecule has 1 N–H and O–H groups in total. The van der Waals surface area contributed by atoms with E-state index in [1.807, 2.05) is 30.3 Å². The highest BCUT2D eigenvalue weighted by atomic mass is 79.9. The molecule has 2 rings (SSSR count). The molecule has 0 spiro atoms. The fourth-order valence-corrected chi connectivity index (χ4v) is 2.08. The van der Waals surface area contributed by atoms with Gasteiger partial charge in [0.1, 0.15) is 5.75 Å². The van der Waals surface area contributed by atoms with Crippen molar-refractivity contribution in [3.05, 3.63) is 52.5 Å². The van der Waals surface area contributed by atoms with Gasteiger partial charge in [-0.05, 0) is 58.4 Å². The Morgan fingerprint density at radius 1 is 1.11 bits per heavy atom. The van der Waals surface area contributed by atoms with Crippen molar-refractivity contribution in [1.29, 1.82) is 5.26 Å². The zero-order valence-electron chi connectivity index (χ0n) is 9.77. The monoisotopic (exact) mass is 302 g/mol. The Labute approximate surface area is 114 Å². The summed E-state index contributed by atoms with van der Waals surface area (Å²) in [5.74, 6) is 0.792. The third-order valence-electron chi connectivity index (χ3n) is 2.45. The van der Waals surface area contributed by atoms with Crippen LogP contribution in [0.15, 0.2) is 46.9 Å². The van der Waals surface area contributed by atoms with Gasteiger partial charge in [-0.1, -0.05) is 0 Å². The molecular formula is C14H11BrN2O. The number of ether oxygens (including phenoxy) is 1. The quantitative estimate of drug-likeness (QED) is 0.929. The van der Waals surface area contributed by atoms with Gasteiger partial charge in [0.15, 0.2) is 0 Å². The highest BCUT2D eigenvalue weighted by Crippen LogP contribution is 2.29. The Kier molecular flexibility index (Phi) is 3.85. The molecule has 2 aromatic carbocycles.